The summed E-state index contributed by atoms with van der Waals surface area (Å²) in [4.78, 5) is 23.2. The lowest BCUT2D eigenvalue weighted by atomic mass is 10.2. The van der Waals surface area contributed by atoms with Crippen LogP contribution in [0.25, 0.3) is 0 Å². The van der Waals surface area contributed by atoms with E-state index < -0.39 is 11.8 Å². The van der Waals surface area contributed by atoms with Gasteiger partial charge in [-0.2, -0.15) is 0 Å². The molecule has 2 N–H and O–H groups in total. The van der Waals surface area contributed by atoms with Gasteiger partial charge in [-0.1, -0.05) is 31.4 Å². The van der Waals surface area contributed by atoms with Crippen molar-refractivity contribution in [3.05, 3.63) is 23.2 Å². The van der Waals surface area contributed by atoms with Crippen LogP contribution in [0.4, 0.5) is 5.69 Å². The van der Waals surface area contributed by atoms with E-state index in [1.165, 1.54) is 13.2 Å². The van der Waals surface area contributed by atoms with Gasteiger partial charge in [-0.05, 0) is 24.6 Å². The summed E-state index contributed by atoms with van der Waals surface area (Å²) in [7, 11) is 1.50. The van der Waals surface area contributed by atoms with Gasteiger partial charge in [0.25, 0.3) is 0 Å². The number of halogens is 1. The van der Waals surface area contributed by atoms with Crippen molar-refractivity contribution in [3.8, 4) is 5.75 Å². The number of hydrogen-bond acceptors (Lipinski definition) is 3. The maximum atomic E-state index is 11.6. The van der Waals surface area contributed by atoms with Gasteiger partial charge in [0.15, 0.2) is 0 Å². The average molecular weight is 299 g/mol. The molecule has 0 bridgehead atoms. The fourth-order valence-corrected chi connectivity index (χ4v) is 1.85. The lowest BCUT2D eigenvalue weighted by Gasteiger charge is -2.08. The molecule has 0 atom stereocenters. The van der Waals surface area contributed by atoms with E-state index in [1.807, 2.05) is 0 Å². The lowest BCUT2D eigenvalue weighted by molar-refractivity contribution is -0.136. The molecule has 0 aliphatic rings. The minimum atomic E-state index is -0.706. The molecule has 0 fully saturated rings. The summed E-state index contributed by atoms with van der Waals surface area (Å²) >= 11 is 5.93. The molecule has 0 aliphatic heterocycles. The number of carbonyl (C=O) groups excluding carboxylic acids is 2. The third kappa shape index (κ3) is 5.09. The highest BCUT2D eigenvalue weighted by Crippen LogP contribution is 2.27. The Morgan fingerprint density at radius 3 is 2.60 bits per heavy atom. The highest BCUT2D eigenvalue weighted by atomic mass is 35.5. The van der Waals surface area contributed by atoms with Crippen LogP contribution in [0.15, 0.2) is 18.2 Å². The number of rotatable bonds is 6. The van der Waals surface area contributed by atoms with E-state index in [1.54, 1.807) is 12.1 Å². The number of carbonyl (C=O) groups is 2. The number of unbranched alkanes of at least 4 members (excludes halogenated alkanes) is 2. The molecule has 0 heterocycles. The maximum Gasteiger partial charge on any atom is 0.313 e. The molecule has 1 aromatic carbocycles. The Balaban J connectivity index is 2.49. The number of anilines is 1. The van der Waals surface area contributed by atoms with Crippen molar-refractivity contribution >= 4 is 29.1 Å². The summed E-state index contributed by atoms with van der Waals surface area (Å²) < 4.78 is 5.00. The van der Waals surface area contributed by atoms with E-state index in [0.717, 1.165) is 19.3 Å². The first kappa shape index (κ1) is 16.3. The Morgan fingerprint density at radius 2 is 2.00 bits per heavy atom. The van der Waals surface area contributed by atoms with Crippen LogP contribution in [0.1, 0.15) is 26.2 Å². The van der Waals surface area contributed by atoms with Gasteiger partial charge in [0, 0.05) is 12.2 Å². The SMILES string of the molecule is CCCCCNC(=O)C(=O)Nc1ccc(OC)c(Cl)c1. The van der Waals surface area contributed by atoms with Gasteiger partial charge in [0.05, 0.1) is 12.1 Å². The number of methoxy groups -OCH3 is 1. The minimum Gasteiger partial charge on any atom is -0.495 e. The van der Waals surface area contributed by atoms with Crippen molar-refractivity contribution in [3.63, 3.8) is 0 Å². The molecular weight excluding hydrogens is 280 g/mol. The molecule has 0 unspecified atom stereocenters. The van der Waals surface area contributed by atoms with Gasteiger partial charge in [0.2, 0.25) is 0 Å². The Labute approximate surface area is 123 Å². The third-order valence-corrected chi connectivity index (χ3v) is 2.98. The number of ether oxygens (including phenoxy) is 1. The average Bonchev–Trinajstić information content (AvgIpc) is 2.43. The first-order valence-corrected chi connectivity index (χ1v) is 6.89. The molecule has 0 aromatic heterocycles. The highest BCUT2D eigenvalue weighted by Gasteiger charge is 2.13. The smallest absolute Gasteiger partial charge is 0.313 e. The van der Waals surface area contributed by atoms with Gasteiger partial charge in [-0.25, -0.2) is 0 Å². The quantitative estimate of drug-likeness (QED) is 0.626. The largest absolute Gasteiger partial charge is 0.495 e. The van der Waals surface area contributed by atoms with E-state index in [-0.39, 0.29) is 0 Å². The Kier molecular flexibility index (Phi) is 6.87. The van der Waals surface area contributed by atoms with Gasteiger partial charge in [-0.3, -0.25) is 9.59 Å². The normalized spacial score (nSPS) is 9.95. The zero-order valence-corrected chi connectivity index (χ0v) is 12.4. The summed E-state index contributed by atoms with van der Waals surface area (Å²) in [6.45, 7) is 2.57. The predicted octanol–water partition coefficient (Wildman–Crippen LogP) is 2.59. The predicted molar refractivity (Wildman–Crippen MR) is 79.2 cm³/mol. The molecule has 0 aliphatic carbocycles. The number of benzene rings is 1. The lowest BCUT2D eigenvalue weighted by Crippen LogP contribution is -2.35. The van der Waals surface area contributed by atoms with E-state index in [0.29, 0.717) is 23.0 Å². The molecule has 5 nitrogen and oxygen atoms in total. The minimum absolute atomic E-state index is 0.369. The molecule has 0 radical (unpaired) electrons. The summed E-state index contributed by atoms with van der Waals surface area (Å²) in [5, 5.41) is 5.42. The second-order valence-electron chi connectivity index (χ2n) is 4.27. The summed E-state index contributed by atoms with van der Waals surface area (Å²) in [5.74, 6) is -0.843. The van der Waals surface area contributed by atoms with Crippen molar-refractivity contribution in [1.29, 1.82) is 0 Å². The molecule has 2 amide bonds. The molecule has 0 saturated heterocycles. The maximum absolute atomic E-state index is 11.6. The van der Waals surface area contributed by atoms with E-state index in [2.05, 4.69) is 17.6 Å². The standard InChI is InChI=1S/C14H19ClN2O3/c1-3-4-5-8-16-13(18)14(19)17-10-6-7-12(20-2)11(15)9-10/h6-7,9H,3-5,8H2,1-2H3,(H,16,18)(H,17,19). The fourth-order valence-electron chi connectivity index (χ4n) is 1.59. The Morgan fingerprint density at radius 1 is 1.25 bits per heavy atom. The third-order valence-electron chi connectivity index (χ3n) is 2.68. The second-order valence-corrected chi connectivity index (χ2v) is 4.67. The zero-order chi connectivity index (χ0) is 15.0. The van der Waals surface area contributed by atoms with Crippen LogP contribution in [0.2, 0.25) is 5.02 Å². The van der Waals surface area contributed by atoms with Crippen LogP contribution in [-0.4, -0.2) is 25.5 Å². The van der Waals surface area contributed by atoms with Crippen LogP contribution in [0.3, 0.4) is 0 Å². The van der Waals surface area contributed by atoms with Crippen LogP contribution >= 0.6 is 11.6 Å². The second kappa shape index (κ2) is 8.43. The monoisotopic (exact) mass is 298 g/mol. The molecule has 110 valence electrons. The summed E-state index contributed by atoms with van der Waals surface area (Å²) in [6, 6.07) is 4.77. The molecule has 0 saturated carbocycles. The van der Waals surface area contributed by atoms with E-state index >= 15 is 0 Å². The van der Waals surface area contributed by atoms with Crippen molar-refractivity contribution in [1.82, 2.24) is 5.32 Å². The molecule has 0 spiro atoms. The summed E-state index contributed by atoms with van der Waals surface area (Å²) in [5.41, 5.74) is 0.449. The zero-order valence-electron chi connectivity index (χ0n) is 11.7. The van der Waals surface area contributed by atoms with Gasteiger partial charge < -0.3 is 15.4 Å². The first-order chi connectivity index (χ1) is 9.58. The van der Waals surface area contributed by atoms with Gasteiger partial charge in [-0.15, -0.1) is 0 Å². The van der Waals surface area contributed by atoms with Crippen molar-refractivity contribution in [2.45, 2.75) is 26.2 Å². The Bertz CT molecular complexity index is 477. The van der Waals surface area contributed by atoms with Crippen LogP contribution in [-0.2, 0) is 9.59 Å². The van der Waals surface area contributed by atoms with Crippen molar-refractivity contribution in [2.75, 3.05) is 19.0 Å². The highest BCUT2D eigenvalue weighted by molar-refractivity contribution is 6.40. The van der Waals surface area contributed by atoms with Gasteiger partial charge >= 0.3 is 11.8 Å². The molecule has 20 heavy (non-hydrogen) atoms. The van der Waals surface area contributed by atoms with Crippen molar-refractivity contribution < 1.29 is 14.3 Å². The van der Waals surface area contributed by atoms with Crippen molar-refractivity contribution in [2.24, 2.45) is 0 Å². The van der Waals surface area contributed by atoms with E-state index in [9.17, 15) is 9.59 Å². The number of amides is 2. The van der Waals surface area contributed by atoms with Gasteiger partial charge in [0.1, 0.15) is 5.75 Å². The topological polar surface area (TPSA) is 67.4 Å². The Hall–Kier alpha value is -1.75. The first-order valence-electron chi connectivity index (χ1n) is 6.51. The summed E-state index contributed by atoms with van der Waals surface area (Å²) in [6.07, 6.45) is 2.95. The van der Waals surface area contributed by atoms with Crippen LogP contribution < -0.4 is 15.4 Å². The van der Waals surface area contributed by atoms with Crippen LogP contribution in [0, 0.1) is 0 Å². The van der Waals surface area contributed by atoms with Crippen LogP contribution in [0.5, 0.6) is 5.75 Å². The number of hydrogen-bond donors (Lipinski definition) is 2. The fraction of sp³-hybridized carbons (Fsp3) is 0.429. The molecule has 1 aromatic rings. The molecular formula is C14H19ClN2O3. The van der Waals surface area contributed by atoms with E-state index in [4.69, 9.17) is 16.3 Å². The molecule has 6 heteroatoms. The number of nitrogens with one attached hydrogen (secondary N) is 2. The molecule has 1 rings (SSSR count).